The van der Waals surface area contributed by atoms with E-state index in [2.05, 4.69) is 86.7 Å². The molecule has 0 radical (unpaired) electrons. The molecule has 5 atom stereocenters. The van der Waals surface area contributed by atoms with E-state index in [9.17, 15) is 44.1 Å². The standard InChI is InChI=1S/C20H44O3Si2.C15H22O4.C14H20O4.C13H18O4.C13H16O4.CH4/c1-16(21)20(8,9)17(23-25(12,13)19(5,6)7)14-15-22-24(10,11)18(2,3)4;1-15(2,14(17)18-3)13(16)9-10-19-11-12-7-5-4-6-8-12;1-11(14(16)17-2)13(15)8-9-18-10-12-6-4-3-5-7-12;2*1-16-13(15)9-12(14)7-8-17-10-11-5-3-2-4-6-11;/h17H,14-15H2,1-13H3;4-8,13,16H,9-11H2,1-3H3;3-7,11,13,15H,8-10H2,1-2H3;2-6,12,14H,7-10H2,1H3;2-6H,7-10H2,1H3;1H4/t17-;13-;11-,13-;12-;;/m0000../s1. The molecule has 550 valence electrons. The zero-order valence-electron chi connectivity index (χ0n) is 61.6. The number of carbonyl (C=O) groups is 6. The van der Waals surface area contributed by atoms with Crippen LogP contribution in [-0.2, 0) is 102 Å². The van der Waals surface area contributed by atoms with Gasteiger partial charge in [0.1, 0.15) is 18.0 Å². The number of methoxy groups -OCH3 is 4. The lowest BCUT2D eigenvalue weighted by atomic mass is 9.81. The van der Waals surface area contributed by atoms with E-state index in [-0.39, 0.29) is 54.4 Å². The molecule has 0 heterocycles. The molecule has 3 N–H and O–H groups in total. The fraction of sp³-hybridized carbons (Fsp3) is 0.605. The Labute approximate surface area is 584 Å². The Bertz CT molecular complexity index is 2750. The number of aliphatic hydroxyl groups excluding tert-OH is 3. The highest BCUT2D eigenvalue weighted by molar-refractivity contribution is 6.74. The Hall–Kier alpha value is -5.83. The maximum Gasteiger partial charge on any atom is 0.313 e. The van der Waals surface area contributed by atoms with Crippen molar-refractivity contribution in [3.8, 4) is 0 Å². The summed E-state index contributed by atoms with van der Waals surface area (Å²) in [5.74, 6) is -2.21. The van der Waals surface area contributed by atoms with Gasteiger partial charge in [-0.2, -0.15) is 0 Å². The maximum absolute atomic E-state index is 12.3. The van der Waals surface area contributed by atoms with Crippen LogP contribution < -0.4 is 0 Å². The molecule has 21 heteroatoms. The quantitative estimate of drug-likeness (QED) is 0.0126. The Morgan fingerprint density at radius 3 is 1.21 bits per heavy atom. The zero-order valence-corrected chi connectivity index (χ0v) is 63.6. The van der Waals surface area contributed by atoms with Gasteiger partial charge < -0.3 is 62.1 Å². The molecule has 0 saturated heterocycles. The van der Waals surface area contributed by atoms with Crippen LogP contribution in [0.5, 0.6) is 0 Å². The van der Waals surface area contributed by atoms with Crippen LogP contribution in [0.15, 0.2) is 121 Å². The van der Waals surface area contributed by atoms with Crippen LogP contribution >= 0.6 is 0 Å². The molecule has 19 nitrogen and oxygen atoms in total. The van der Waals surface area contributed by atoms with Crippen molar-refractivity contribution in [2.24, 2.45) is 16.7 Å². The van der Waals surface area contributed by atoms with Crippen molar-refractivity contribution in [3.05, 3.63) is 144 Å². The van der Waals surface area contributed by atoms with E-state index < -0.39 is 75.6 Å². The fourth-order valence-corrected chi connectivity index (χ4v) is 10.4. The Morgan fingerprint density at radius 1 is 0.464 bits per heavy atom. The highest BCUT2D eigenvalue weighted by atomic mass is 28.4. The van der Waals surface area contributed by atoms with Crippen molar-refractivity contribution in [1.82, 2.24) is 0 Å². The Balaban J connectivity index is 0. The topological polar surface area (TPSA) is 255 Å². The third kappa shape index (κ3) is 40.1. The lowest BCUT2D eigenvalue weighted by molar-refractivity contribution is -0.158. The second kappa shape index (κ2) is 48.8. The number of ketones is 2. The number of hydrogen-bond donors (Lipinski definition) is 3. The van der Waals surface area contributed by atoms with Gasteiger partial charge in [0.15, 0.2) is 16.6 Å². The molecule has 0 bridgehead atoms. The first kappa shape index (κ1) is 93.2. The van der Waals surface area contributed by atoms with Crippen LogP contribution in [0.2, 0.25) is 36.3 Å². The first-order valence-electron chi connectivity index (χ1n) is 33.0. The molecule has 0 fully saturated rings. The smallest absolute Gasteiger partial charge is 0.313 e. The fourth-order valence-electron chi connectivity index (χ4n) is 7.88. The second-order valence-electron chi connectivity index (χ2n) is 27.6. The molecule has 97 heavy (non-hydrogen) atoms. The highest BCUT2D eigenvalue weighted by Gasteiger charge is 2.45. The maximum atomic E-state index is 12.3. The van der Waals surface area contributed by atoms with Gasteiger partial charge in [0, 0.05) is 38.3 Å². The average Bonchev–Trinajstić information content (AvgIpc) is 0.810. The molecule has 0 aliphatic rings. The summed E-state index contributed by atoms with van der Waals surface area (Å²) in [7, 11) is 1.48. The van der Waals surface area contributed by atoms with E-state index in [0.29, 0.717) is 78.7 Å². The number of aliphatic hydroxyl groups is 3. The monoisotopic (exact) mass is 1400 g/mol. The molecule has 0 unspecified atom stereocenters. The van der Waals surface area contributed by atoms with Crippen LogP contribution in [0, 0.1) is 16.7 Å². The van der Waals surface area contributed by atoms with Gasteiger partial charge in [0.2, 0.25) is 0 Å². The van der Waals surface area contributed by atoms with Crippen molar-refractivity contribution in [2.45, 2.75) is 223 Å². The number of carbonyl (C=O) groups excluding carboxylic acids is 6. The van der Waals surface area contributed by atoms with Gasteiger partial charge in [0.05, 0.1) is 104 Å². The molecule has 4 rings (SSSR count). The molecule has 0 aliphatic carbocycles. The average molecular weight is 1400 g/mol. The summed E-state index contributed by atoms with van der Waals surface area (Å²) in [5.41, 5.74) is 2.93. The van der Waals surface area contributed by atoms with Crippen molar-refractivity contribution >= 4 is 52.1 Å². The predicted molar refractivity (Wildman–Crippen MR) is 387 cm³/mol. The Kier molecular flexibility index (Phi) is 46.9. The Morgan fingerprint density at radius 2 is 0.845 bits per heavy atom. The summed E-state index contributed by atoms with van der Waals surface area (Å²) in [4.78, 5) is 67.8. The van der Waals surface area contributed by atoms with Gasteiger partial charge in [0.25, 0.3) is 0 Å². The first-order chi connectivity index (χ1) is 44.8. The van der Waals surface area contributed by atoms with Gasteiger partial charge in [-0.05, 0) is 112 Å². The molecule has 4 aromatic rings. The molecule has 0 amide bonds. The van der Waals surface area contributed by atoms with E-state index >= 15 is 0 Å². The zero-order chi connectivity index (χ0) is 73.2. The summed E-state index contributed by atoms with van der Waals surface area (Å²) in [6.45, 7) is 37.4. The van der Waals surface area contributed by atoms with Crippen LogP contribution in [0.25, 0.3) is 0 Å². The third-order valence-electron chi connectivity index (χ3n) is 17.2. The first-order valence-corrected chi connectivity index (χ1v) is 38.8. The minimum absolute atomic E-state index is 0. The minimum atomic E-state index is -1.95. The molecular weight excluding hydrogens is 1270 g/mol. The summed E-state index contributed by atoms with van der Waals surface area (Å²) in [6.07, 6.45) is -0.206. The number of benzene rings is 4. The van der Waals surface area contributed by atoms with Crippen molar-refractivity contribution in [3.63, 3.8) is 0 Å². The van der Waals surface area contributed by atoms with Crippen molar-refractivity contribution in [1.29, 1.82) is 0 Å². The summed E-state index contributed by atoms with van der Waals surface area (Å²) >= 11 is 0. The van der Waals surface area contributed by atoms with Gasteiger partial charge in [-0.25, -0.2) is 0 Å². The number of hydrogen-bond acceptors (Lipinski definition) is 19. The normalized spacial score (nSPS) is 13.1. The largest absolute Gasteiger partial charge is 0.469 e. The van der Waals surface area contributed by atoms with E-state index in [0.717, 1.165) is 28.7 Å². The van der Waals surface area contributed by atoms with Gasteiger partial charge in [-0.1, -0.05) is 184 Å². The summed E-state index contributed by atoms with van der Waals surface area (Å²) in [5, 5.41) is 29.5. The molecule has 0 spiro atoms. The third-order valence-corrected chi connectivity index (χ3v) is 26.2. The number of esters is 4. The van der Waals surface area contributed by atoms with Crippen LogP contribution in [0.4, 0.5) is 0 Å². The van der Waals surface area contributed by atoms with Gasteiger partial charge in [-0.3, -0.25) is 28.8 Å². The van der Waals surface area contributed by atoms with E-state index in [1.165, 1.54) is 28.4 Å². The van der Waals surface area contributed by atoms with E-state index in [1.807, 2.05) is 135 Å². The number of ether oxygens (including phenoxy) is 8. The molecule has 0 aliphatic heterocycles. The van der Waals surface area contributed by atoms with Crippen LogP contribution in [-0.4, -0.2) is 153 Å². The highest BCUT2D eigenvalue weighted by Crippen LogP contribution is 2.42. The predicted octanol–water partition coefficient (Wildman–Crippen LogP) is 14.2. The number of Topliss-reactive ketones (excluding diaryl/α,β-unsaturated/α-hetero) is 2. The summed E-state index contributed by atoms with van der Waals surface area (Å²) in [6, 6.07) is 39.1. The molecule has 0 saturated carbocycles. The molecule has 0 aromatic heterocycles. The van der Waals surface area contributed by atoms with E-state index in [4.69, 9.17) is 27.8 Å². The molecular formula is C76H124O19Si2. The molecule has 4 aromatic carbocycles. The van der Waals surface area contributed by atoms with Crippen molar-refractivity contribution < 1.29 is 90.8 Å². The van der Waals surface area contributed by atoms with Gasteiger partial charge >= 0.3 is 23.9 Å². The lowest BCUT2D eigenvalue weighted by Gasteiger charge is -2.44. The minimum Gasteiger partial charge on any atom is -0.469 e. The summed E-state index contributed by atoms with van der Waals surface area (Å²) < 4.78 is 52.8. The van der Waals surface area contributed by atoms with Gasteiger partial charge in [-0.15, -0.1) is 0 Å². The number of rotatable bonds is 36. The second-order valence-corrected chi connectivity index (χ2v) is 37.2. The van der Waals surface area contributed by atoms with Crippen LogP contribution in [0.3, 0.4) is 0 Å². The SMILES string of the molecule is C.CC(=O)C(C)(C)[C@H](CCO[Si](C)(C)C(C)(C)C)O[Si](C)(C)C(C)(C)C.COC(=O)C(C)(C)[C@@H](O)CCOCc1ccccc1.COC(=O)CC(=O)CCOCc1ccccc1.COC(=O)C[C@@H](O)CCOCc1ccccc1.COC(=O)[C@@H](C)[C@@H](O)CCOCc1ccccc1. The lowest BCUT2D eigenvalue weighted by Crippen LogP contribution is -2.50. The van der Waals surface area contributed by atoms with Crippen molar-refractivity contribution in [2.75, 3.05) is 61.5 Å². The van der Waals surface area contributed by atoms with Crippen LogP contribution in [0.1, 0.15) is 158 Å². The van der Waals surface area contributed by atoms with E-state index in [1.54, 1.807) is 27.7 Å².